The lowest BCUT2D eigenvalue weighted by molar-refractivity contribution is 0.657. The van der Waals surface area contributed by atoms with Gasteiger partial charge in [0, 0.05) is 13.0 Å². The molecule has 0 fully saturated rings. The summed E-state index contributed by atoms with van der Waals surface area (Å²) in [7, 11) is 0. The van der Waals surface area contributed by atoms with Gasteiger partial charge in [0.15, 0.2) is 0 Å². The molecule has 2 aromatic carbocycles. The van der Waals surface area contributed by atoms with Gasteiger partial charge in [-0.2, -0.15) is 0 Å². The largest absolute Gasteiger partial charge is 0.323 e. The lowest BCUT2D eigenvalue weighted by Crippen LogP contribution is -2.09. The van der Waals surface area contributed by atoms with E-state index in [0.717, 1.165) is 18.5 Å². The van der Waals surface area contributed by atoms with Crippen molar-refractivity contribution in [3.63, 3.8) is 0 Å². The smallest absolute Gasteiger partial charge is 0.110 e. The van der Waals surface area contributed by atoms with Gasteiger partial charge in [-0.15, -0.1) is 0 Å². The fourth-order valence-electron chi connectivity index (χ4n) is 3.72. The summed E-state index contributed by atoms with van der Waals surface area (Å²) in [6, 6.07) is 10.9. The van der Waals surface area contributed by atoms with E-state index < -0.39 is 0 Å². The van der Waals surface area contributed by atoms with Crippen molar-refractivity contribution in [2.45, 2.75) is 66.8 Å². The Morgan fingerprint density at radius 3 is 2.28 bits per heavy atom. The monoisotopic (exact) mass is 334 g/mol. The summed E-state index contributed by atoms with van der Waals surface area (Å²) in [6.45, 7) is 12.1. The number of aryl methyl sites for hydroxylation is 3. The lowest BCUT2D eigenvalue weighted by atomic mass is 9.94. The van der Waals surface area contributed by atoms with E-state index in [9.17, 15) is 0 Å². The van der Waals surface area contributed by atoms with E-state index in [0.29, 0.717) is 0 Å². The first-order chi connectivity index (χ1) is 12.0. The summed E-state index contributed by atoms with van der Waals surface area (Å²) in [5.74, 6) is 1.23. The second-order valence-electron chi connectivity index (χ2n) is 7.30. The van der Waals surface area contributed by atoms with Crippen LogP contribution in [0.2, 0.25) is 0 Å². The third-order valence-electron chi connectivity index (χ3n) is 5.58. The van der Waals surface area contributed by atoms with E-state index in [1.165, 1.54) is 58.4 Å². The number of rotatable bonds is 6. The molecule has 3 aromatic rings. The Balaban J connectivity index is 2.08. The van der Waals surface area contributed by atoms with Gasteiger partial charge in [-0.05, 0) is 74.1 Å². The molecule has 0 aliphatic heterocycles. The predicted molar refractivity (Wildman–Crippen MR) is 107 cm³/mol. The van der Waals surface area contributed by atoms with Crippen LogP contribution in [-0.4, -0.2) is 9.55 Å². The standard InChI is InChI=1S/C23H30N2/c1-6-7-8-13-23-24-21-11-9-10-12-22(21)25(23)15-20-18(4)16(2)14-17(3)19(20)5/h9-12,14H,6-8,13,15H2,1-5H3. The molecule has 0 atom stereocenters. The molecule has 0 unspecified atom stereocenters. The van der Waals surface area contributed by atoms with Crippen LogP contribution in [0.25, 0.3) is 11.0 Å². The quantitative estimate of drug-likeness (QED) is 0.502. The van der Waals surface area contributed by atoms with Crippen LogP contribution in [0.5, 0.6) is 0 Å². The lowest BCUT2D eigenvalue weighted by Gasteiger charge is -2.18. The third kappa shape index (κ3) is 3.49. The minimum Gasteiger partial charge on any atom is -0.323 e. The Kier molecular flexibility index (Phi) is 5.27. The average Bonchev–Trinajstić information content (AvgIpc) is 2.95. The van der Waals surface area contributed by atoms with Crippen molar-refractivity contribution in [1.29, 1.82) is 0 Å². The van der Waals surface area contributed by atoms with Crippen LogP contribution in [0.1, 0.15) is 59.8 Å². The van der Waals surface area contributed by atoms with Crippen molar-refractivity contribution in [2.24, 2.45) is 0 Å². The Hall–Kier alpha value is -2.09. The molecule has 2 heteroatoms. The van der Waals surface area contributed by atoms with Gasteiger partial charge < -0.3 is 4.57 Å². The van der Waals surface area contributed by atoms with Crippen molar-refractivity contribution in [3.8, 4) is 0 Å². The number of unbranched alkanes of at least 4 members (excludes halogenated alkanes) is 2. The molecule has 1 heterocycles. The van der Waals surface area contributed by atoms with E-state index in [-0.39, 0.29) is 0 Å². The highest BCUT2D eigenvalue weighted by Crippen LogP contribution is 2.26. The number of nitrogens with zero attached hydrogens (tertiary/aromatic N) is 2. The molecule has 132 valence electrons. The van der Waals surface area contributed by atoms with Crippen LogP contribution in [0.4, 0.5) is 0 Å². The molecule has 0 saturated carbocycles. The van der Waals surface area contributed by atoms with Crippen molar-refractivity contribution in [2.75, 3.05) is 0 Å². The van der Waals surface area contributed by atoms with Crippen LogP contribution in [0, 0.1) is 27.7 Å². The fourth-order valence-corrected chi connectivity index (χ4v) is 3.72. The van der Waals surface area contributed by atoms with Crippen LogP contribution in [0.15, 0.2) is 30.3 Å². The SMILES string of the molecule is CCCCCc1nc2ccccc2n1Cc1c(C)c(C)cc(C)c1C. The molecule has 0 amide bonds. The Labute approximate surface area is 151 Å². The topological polar surface area (TPSA) is 17.8 Å². The zero-order chi connectivity index (χ0) is 18.0. The molecule has 1 aromatic heterocycles. The van der Waals surface area contributed by atoms with Gasteiger partial charge in [0.05, 0.1) is 11.0 Å². The Bertz CT molecular complexity index is 860. The molecular weight excluding hydrogens is 304 g/mol. The molecular formula is C23H30N2. The van der Waals surface area contributed by atoms with Crippen molar-refractivity contribution < 1.29 is 0 Å². The zero-order valence-corrected chi connectivity index (χ0v) is 16.3. The molecule has 0 radical (unpaired) electrons. The number of aromatic nitrogens is 2. The van der Waals surface area contributed by atoms with E-state index >= 15 is 0 Å². The minimum absolute atomic E-state index is 0.919. The van der Waals surface area contributed by atoms with Gasteiger partial charge in [-0.1, -0.05) is 38.0 Å². The highest BCUT2D eigenvalue weighted by atomic mass is 15.1. The average molecular weight is 335 g/mol. The number of hydrogen-bond donors (Lipinski definition) is 0. The van der Waals surface area contributed by atoms with Crippen LogP contribution in [-0.2, 0) is 13.0 Å². The third-order valence-corrected chi connectivity index (χ3v) is 5.58. The van der Waals surface area contributed by atoms with Gasteiger partial charge in [-0.3, -0.25) is 0 Å². The summed E-state index contributed by atoms with van der Waals surface area (Å²) in [4.78, 5) is 4.95. The highest BCUT2D eigenvalue weighted by Gasteiger charge is 2.14. The molecule has 0 aliphatic carbocycles. The number of benzene rings is 2. The van der Waals surface area contributed by atoms with Crippen molar-refractivity contribution >= 4 is 11.0 Å². The second-order valence-corrected chi connectivity index (χ2v) is 7.30. The molecule has 25 heavy (non-hydrogen) atoms. The Morgan fingerprint density at radius 2 is 1.60 bits per heavy atom. The number of para-hydroxylation sites is 2. The first kappa shape index (κ1) is 17.7. The fraction of sp³-hybridized carbons (Fsp3) is 0.435. The zero-order valence-electron chi connectivity index (χ0n) is 16.3. The maximum Gasteiger partial charge on any atom is 0.110 e. The Morgan fingerprint density at radius 1 is 0.920 bits per heavy atom. The molecule has 0 N–H and O–H groups in total. The first-order valence-electron chi connectivity index (χ1n) is 9.53. The number of fused-ring (bicyclic) bond motifs is 1. The molecule has 2 nitrogen and oxygen atoms in total. The van der Waals surface area contributed by atoms with Gasteiger partial charge in [0.1, 0.15) is 5.82 Å². The predicted octanol–water partition coefficient (Wildman–Crippen LogP) is 6.05. The summed E-state index contributed by atoms with van der Waals surface area (Å²) in [5, 5.41) is 0. The van der Waals surface area contributed by atoms with E-state index in [2.05, 4.69) is 69.5 Å². The van der Waals surface area contributed by atoms with E-state index in [1.54, 1.807) is 0 Å². The highest BCUT2D eigenvalue weighted by molar-refractivity contribution is 5.76. The molecule has 0 saturated heterocycles. The molecule has 0 bridgehead atoms. The van der Waals surface area contributed by atoms with Crippen LogP contribution >= 0.6 is 0 Å². The number of hydrogen-bond acceptors (Lipinski definition) is 1. The summed E-state index contributed by atoms with van der Waals surface area (Å²) in [6.07, 6.45) is 4.79. The maximum atomic E-state index is 4.95. The second kappa shape index (κ2) is 7.43. The van der Waals surface area contributed by atoms with Crippen LogP contribution < -0.4 is 0 Å². The van der Waals surface area contributed by atoms with E-state index in [4.69, 9.17) is 4.98 Å². The van der Waals surface area contributed by atoms with Crippen LogP contribution in [0.3, 0.4) is 0 Å². The van der Waals surface area contributed by atoms with Gasteiger partial charge in [-0.25, -0.2) is 4.98 Å². The van der Waals surface area contributed by atoms with Gasteiger partial charge >= 0.3 is 0 Å². The normalized spacial score (nSPS) is 11.4. The molecule has 0 spiro atoms. The maximum absolute atomic E-state index is 4.95. The van der Waals surface area contributed by atoms with Crippen molar-refractivity contribution in [1.82, 2.24) is 9.55 Å². The molecule has 3 rings (SSSR count). The summed E-state index contributed by atoms with van der Waals surface area (Å²) < 4.78 is 2.44. The van der Waals surface area contributed by atoms with Gasteiger partial charge in [0.2, 0.25) is 0 Å². The minimum atomic E-state index is 0.919. The van der Waals surface area contributed by atoms with E-state index in [1.807, 2.05) is 0 Å². The molecule has 0 aliphatic rings. The number of imidazole rings is 1. The summed E-state index contributed by atoms with van der Waals surface area (Å²) in [5.41, 5.74) is 9.43. The first-order valence-corrected chi connectivity index (χ1v) is 9.53. The van der Waals surface area contributed by atoms with Crippen molar-refractivity contribution in [3.05, 3.63) is 64.0 Å². The van der Waals surface area contributed by atoms with Gasteiger partial charge in [0.25, 0.3) is 0 Å². The summed E-state index contributed by atoms with van der Waals surface area (Å²) >= 11 is 0.